The van der Waals surface area contributed by atoms with Gasteiger partial charge in [-0.05, 0) is 74.2 Å². The Labute approximate surface area is 135 Å². The highest BCUT2D eigenvalue weighted by Crippen LogP contribution is 2.22. The van der Waals surface area contributed by atoms with Crippen LogP contribution in [0.5, 0.6) is 5.75 Å². The number of Topliss-reactive ketones (excluding diaryl/α,β-unsaturated/α-hetero) is 1. The lowest BCUT2D eigenvalue weighted by molar-refractivity contribution is 0.0474. The molecule has 1 N–H and O–H groups in total. The second-order valence-electron chi connectivity index (χ2n) is 5.68. The van der Waals surface area contributed by atoms with Gasteiger partial charge < -0.3 is 9.84 Å². The van der Waals surface area contributed by atoms with Crippen LogP contribution in [-0.4, -0.2) is 23.5 Å². The molecule has 23 heavy (non-hydrogen) atoms. The SMILES string of the molecule is Cc1cc(C)c(C)c(C(=O)COC(=O)c2ccc(O)cc2)c1C. The Bertz CT molecular complexity index is 732. The van der Waals surface area contributed by atoms with Gasteiger partial charge in [0, 0.05) is 5.56 Å². The molecule has 0 fully saturated rings. The van der Waals surface area contributed by atoms with Crippen molar-refractivity contribution in [2.45, 2.75) is 27.7 Å². The van der Waals surface area contributed by atoms with Gasteiger partial charge in [-0.15, -0.1) is 0 Å². The van der Waals surface area contributed by atoms with Gasteiger partial charge in [-0.2, -0.15) is 0 Å². The van der Waals surface area contributed by atoms with Crippen molar-refractivity contribution in [2.24, 2.45) is 0 Å². The van der Waals surface area contributed by atoms with E-state index in [1.807, 2.05) is 33.8 Å². The number of hydrogen-bond donors (Lipinski definition) is 1. The number of ether oxygens (including phenoxy) is 1. The van der Waals surface area contributed by atoms with Crippen molar-refractivity contribution in [1.29, 1.82) is 0 Å². The first-order chi connectivity index (χ1) is 10.8. The van der Waals surface area contributed by atoms with Crippen molar-refractivity contribution in [1.82, 2.24) is 0 Å². The summed E-state index contributed by atoms with van der Waals surface area (Å²) < 4.78 is 5.10. The molecule has 0 aliphatic heterocycles. The number of phenolic OH excluding ortho intramolecular Hbond substituents is 1. The van der Waals surface area contributed by atoms with Gasteiger partial charge in [0.25, 0.3) is 0 Å². The molecule has 0 saturated carbocycles. The summed E-state index contributed by atoms with van der Waals surface area (Å²) in [4.78, 5) is 24.4. The summed E-state index contributed by atoms with van der Waals surface area (Å²) in [6, 6.07) is 7.75. The minimum atomic E-state index is -0.585. The second kappa shape index (κ2) is 6.65. The van der Waals surface area contributed by atoms with Crippen LogP contribution in [0.4, 0.5) is 0 Å². The summed E-state index contributed by atoms with van der Waals surface area (Å²) in [6.45, 7) is 7.42. The number of phenols is 1. The van der Waals surface area contributed by atoms with Crippen LogP contribution in [0.25, 0.3) is 0 Å². The molecular formula is C19H20O4. The zero-order valence-corrected chi connectivity index (χ0v) is 13.8. The van der Waals surface area contributed by atoms with E-state index in [0.29, 0.717) is 11.1 Å². The maximum atomic E-state index is 12.5. The first kappa shape index (κ1) is 16.7. The number of ketones is 1. The van der Waals surface area contributed by atoms with Crippen molar-refractivity contribution in [3.63, 3.8) is 0 Å². The largest absolute Gasteiger partial charge is 0.508 e. The summed E-state index contributed by atoms with van der Waals surface area (Å²) in [5.74, 6) is -0.726. The molecular weight excluding hydrogens is 292 g/mol. The molecule has 0 saturated heterocycles. The van der Waals surface area contributed by atoms with Gasteiger partial charge in [-0.3, -0.25) is 4.79 Å². The van der Waals surface area contributed by atoms with Gasteiger partial charge >= 0.3 is 5.97 Å². The maximum Gasteiger partial charge on any atom is 0.338 e. The van der Waals surface area contributed by atoms with Crippen molar-refractivity contribution in [3.8, 4) is 5.75 Å². The fourth-order valence-corrected chi connectivity index (χ4v) is 2.52. The molecule has 0 aromatic heterocycles. The van der Waals surface area contributed by atoms with Gasteiger partial charge in [-0.1, -0.05) is 6.07 Å². The van der Waals surface area contributed by atoms with E-state index in [1.165, 1.54) is 24.3 Å². The number of carbonyl (C=O) groups is 2. The number of rotatable bonds is 4. The smallest absolute Gasteiger partial charge is 0.338 e. The Kier molecular flexibility index (Phi) is 4.84. The zero-order valence-electron chi connectivity index (χ0n) is 13.8. The van der Waals surface area contributed by atoms with E-state index in [1.54, 1.807) is 0 Å². The van der Waals surface area contributed by atoms with Gasteiger partial charge in [0.05, 0.1) is 5.56 Å². The molecule has 0 unspecified atom stereocenters. The third kappa shape index (κ3) is 3.59. The normalized spacial score (nSPS) is 10.4. The minimum absolute atomic E-state index is 0.0686. The van der Waals surface area contributed by atoms with Crippen LogP contribution in [-0.2, 0) is 4.74 Å². The summed E-state index contributed by atoms with van der Waals surface area (Å²) in [5, 5.41) is 9.21. The zero-order chi connectivity index (χ0) is 17.1. The summed E-state index contributed by atoms with van der Waals surface area (Å²) in [7, 11) is 0. The molecule has 4 nitrogen and oxygen atoms in total. The highest BCUT2D eigenvalue weighted by molar-refractivity contribution is 6.02. The van der Waals surface area contributed by atoms with Crippen molar-refractivity contribution >= 4 is 11.8 Å². The summed E-state index contributed by atoms with van der Waals surface area (Å²) in [6.07, 6.45) is 0. The average Bonchev–Trinajstić information content (AvgIpc) is 2.51. The highest BCUT2D eigenvalue weighted by Gasteiger charge is 2.18. The Morgan fingerprint density at radius 3 is 2.00 bits per heavy atom. The molecule has 2 aromatic rings. The van der Waals surface area contributed by atoms with Gasteiger partial charge in [-0.25, -0.2) is 4.79 Å². The van der Waals surface area contributed by atoms with Crippen molar-refractivity contribution in [2.75, 3.05) is 6.61 Å². The highest BCUT2D eigenvalue weighted by atomic mass is 16.5. The molecule has 0 bridgehead atoms. The third-order valence-electron chi connectivity index (χ3n) is 4.08. The standard InChI is InChI=1S/C19H20O4/c1-11-9-12(2)14(4)18(13(11)3)17(21)10-23-19(22)15-5-7-16(20)8-6-15/h5-9,20H,10H2,1-4H3. The lowest BCUT2D eigenvalue weighted by atomic mass is 9.92. The van der Waals surface area contributed by atoms with Crippen LogP contribution in [0.1, 0.15) is 43.0 Å². The molecule has 0 atom stereocenters. The molecule has 2 aromatic carbocycles. The van der Waals surface area contributed by atoms with Crippen LogP contribution in [0.3, 0.4) is 0 Å². The fraction of sp³-hybridized carbons (Fsp3) is 0.263. The van der Waals surface area contributed by atoms with Crippen LogP contribution in [0, 0.1) is 27.7 Å². The van der Waals surface area contributed by atoms with Crippen LogP contribution in [0.2, 0.25) is 0 Å². The van der Waals surface area contributed by atoms with Gasteiger partial charge in [0.2, 0.25) is 5.78 Å². The minimum Gasteiger partial charge on any atom is -0.508 e. The number of aryl methyl sites for hydroxylation is 2. The van der Waals surface area contributed by atoms with E-state index in [9.17, 15) is 14.7 Å². The third-order valence-corrected chi connectivity index (χ3v) is 4.08. The molecule has 120 valence electrons. The van der Waals surface area contributed by atoms with Crippen LogP contribution < -0.4 is 0 Å². The Balaban J connectivity index is 2.14. The molecule has 0 aliphatic rings. The average molecular weight is 312 g/mol. The molecule has 4 heteroatoms. The summed E-state index contributed by atoms with van der Waals surface area (Å²) in [5.41, 5.74) is 4.84. The number of esters is 1. The lowest BCUT2D eigenvalue weighted by Crippen LogP contribution is -2.17. The number of hydrogen-bond acceptors (Lipinski definition) is 4. The summed E-state index contributed by atoms with van der Waals surface area (Å²) >= 11 is 0. The molecule has 0 spiro atoms. The molecule has 0 heterocycles. The monoisotopic (exact) mass is 312 g/mol. The Morgan fingerprint density at radius 1 is 0.957 bits per heavy atom. The first-order valence-electron chi connectivity index (χ1n) is 7.38. The Morgan fingerprint density at radius 2 is 1.48 bits per heavy atom. The van der Waals surface area contributed by atoms with E-state index in [0.717, 1.165) is 22.3 Å². The van der Waals surface area contributed by atoms with E-state index >= 15 is 0 Å². The van der Waals surface area contributed by atoms with E-state index < -0.39 is 5.97 Å². The first-order valence-corrected chi connectivity index (χ1v) is 7.38. The number of benzene rings is 2. The van der Waals surface area contributed by atoms with Gasteiger partial charge in [0.1, 0.15) is 5.75 Å². The van der Waals surface area contributed by atoms with Gasteiger partial charge in [0.15, 0.2) is 6.61 Å². The number of carbonyl (C=O) groups excluding carboxylic acids is 2. The van der Waals surface area contributed by atoms with Crippen molar-refractivity contribution in [3.05, 3.63) is 63.7 Å². The van der Waals surface area contributed by atoms with Crippen LogP contribution >= 0.6 is 0 Å². The van der Waals surface area contributed by atoms with Crippen molar-refractivity contribution < 1.29 is 19.4 Å². The number of aromatic hydroxyl groups is 1. The van der Waals surface area contributed by atoms with E-state index in [2.05, 4.69) is 0 Å². The molecule has 0 radical (unpaired) electrons. The van der Waals surface area contributed by atoms with Crippen LogP contribution in [0.15, 0.2) is 30.3 Å². The topological polar surface area (TPSA) is 63.6 Å². The quantitative estimate of drug-likeness (QED) is 0.691. The molecule has 0 aliphatic carbocycles. The van der Waals surface area contributed by atoms with E-state index in [4.69, 9.17) is 4.74 Å². The predicted molar refractivity (Wildman–Crippen MR) is 88.1 cm³/mol. The molecule has 0 amide bonds. The maximum absolute atomic E-state index is 12.5. The molecule has 2 rings (SSSR count). The predicted octanol–water partition coefficient (Wildman–Crippen LogP) is 3.67. The Hall–Kier alpha value is -2.62. The lowest BCUT2D eigenvalue weighted by Gasteiger charge is -2.14. The van der Waals surface area contributed by atoms with E-state index in [-0.39, 0.29) is 18.1 Å². The second-order valence-corrected chi connectivity index (χ2v) is 5.68. The fourth-order valence-electron chi connectivity index (χ4n) is 2.52.